The van der Waals surface area contributed by atoms with Gasteiger partial charge in [0, 0.05) is 32.2 Å². The van der Waals surface area contributed by atoms with Crippen LogP contribution < -0.4 is 10.2 Å². The van der Waals surface area contributed by atoms with Gasteiger partial charge in [0.1, 0.15) is 0 Å². The van der Waals surface area contributed by atoms with Gasteiger partial charge < -0.3 is 15.0 Å². The Kier molecular flexibility index (Phi) is 4.86. The molecule has 2 N–H and O–H groups in total. The van der Waals surface area contributed by atoms with Crippen LogP contribution in [0.25, 0.3) is 10.2 Å². The van der Waals surface area contributed by atoms with E-state index in [1.807, 2.05) is 6.07 Å². The summed E-state index contributed by atoms with van der Waals surface area (Å²) in [6, 6.07) is 7.01. The molecule has 2 aromatic rings. The second-order valence-corrected chi connectivity index (χ2v) is 8.69. The Balaban J connectivity index is 1.29. The molecule has 4 rings (SSSR count). The van der Waals surface area contributed by atoms with Crippen LogP contribution in [-0.2, 0) is 18.4 Å². The van der Waals surface area contributed by atoms with Gasteiger partial charge in [0.05, 0.1) is 16.8 Å². The van der Waals surface area contributed by atoms with Crippen LogP contribution in [0, 0.1) is 5.92 Å². The van der Waals surface area contributed by atoms with Gasteiger partial charge in [0.2, 0.25) is 0 Å². The van der Waals surface area contributed by atoms with Crippen molar-refractivity contribution >= 4 is 27.5 Å². The monoisotopic (exact) mass is 375 g/mol. The van der Waals surface area contributed by atoms with Crippen molar-refractivity contribution in [2.75, 3.05) is 13.1 Å². The van der Waals surface area contributed by atoms with Crippen molar-refractivity contribution in [3.63, 3.8) is 0 Å². The fraction of sp³-hybridized carbons (Fsp3) is 0.579. The van der Waals surface area contributed by atoms with Crippen LogP contribution in [0.1, 0.15) is 31.2 Å². The Hall–Kier alpha value is -1.70. The standard InChI is InChI=1S/C19H25N3O3S/c1-21-16-5-4-13(6-17(16)26-19(21)25)9-20-14-7-15(8-14)22(11-18(23)24)10-12-2-3-12/h4-6,12,14-15,20H,2-3,7-11H2,1H3,(H,23,24). The van der Waals surface area contributed by atoms with Crippen LogP contribution in [0.5, 0.6) is 0 Å². The highest BCUT2D eigenvalue weighted by Crippen LogP contribution is 2.33. The molecule has 140 valence electrons. The van der Waals surface area contributed by atoms with E-state index < -0.39 is 5.97 Å². The summed E-state index contributed by atoms with van der Waals surface area (Å²) < 4.78 is 2.71. The molecule has 2 saturated carbocycles. The molecule has 2 aliphatic rings. The summed E-state index contributed by atoms with van der Waals surface area (Å²) in [7, 11) is 1.80. The lowest BCUT2D eigenvalue weighted by Crippen LogP contribution is -2.54. The van der Waals surface area contributed by atoms with E-state index in [1.54, 1.807) is 11.6 Å². The summed E-state index contributed by atoms with van der Waals surface area (Å²) in [5, 5.41) is 12.7. The fourth-order valence-electron chi connectivity index (χ4n) is 3.75. The van der Waals surface area contributed by atoms with Crippen LogP contribution in [0.2, 0.25) is 0 Å². The quantitative estimate of drug-likeness (QED) is 0.738. The lowest BCUT2D eigenvalue weighted by molar-refractivity contribution is -0.139. The van der Waals surface area contributed by atoms with Gasteiger partial charge in [-0.15, -0.1) is 0 Å². The second kappa shape index (κ2) is 7.13. The first-order valence-corrected chi connectivity index (χ1v) is 10.1. The van der Waals surface area contributed by atoms with E-state index in [2.05, 4.69) is 22.3 Å². The molecule has 0 unspecified atom stereocenters. The Morgan fingerprint density at radius 1 is 1.38 bits per heavy atom. The molecule has 1 aromatic carbocycles. The second-order valence-electron chi connectivity index (χ2n) is 7.70. The van der Waals surface area contributed by atoms with E-state index >= 15 is 0 Å². The number of fused-ring (bicyclic) bond motifs is 1. The van der Waals surface area contributed by atoms with E-state index in [0.29, 0.717) is 18.0 Å². The minimum absolute atomic E-state index is 0.0705. The Labute approximate surface area is 156 Å². The van der Waals surface area contributed by atoms with Crippen molar-refractivity contribution < 1.29 is 9.90 Å². The molecule has 0 amide bonds. The predicted molar refractivity (Wildman–Crippen MR) is 103 cm³/mol. The molecule has 7 heteroatoms. The number of nitrogens with zero attached hydrogens (tertiary/aromatic N) is 2. The van der Waals surface area contributed by atoms with Crippen LogP contribution in [0.4, 0.5) is 0 Å². The average molecular weight is 375 g/mol. The molecule has 0 spiro atoms. The SMILES string of the molecule is Cn1c(=O)sc2cc(CNC3CC(N(CC(=O)O)CC4CC4)C3)ccc21. The number of nitrogens with one attached hydrogen (secondary N) is 1. The number of hydrogen-bond acceptors (Lipinski definition) is 5. The van der Waals surface area contributed by atoms with Crippen molar-refractivity contribution in [1.29, 1.82) is 0 Å². The highest BCUT2D eigenvalue weighted by Gasteiger charge is 2.36. The maximum atomic E-state index is 11.7. The molecule has 2 fully saturated rings. The summed E-state index contributed by atoms with van der Waals surface area (Å²) in [5.41, 5.74) is 2.17. The fourth-order valence-corrected chi connectivity index (χ4v) is 4.69. The third-order valence-corrected chi connectivity index (χ3v) is 6.60. The first-order chi connectivity index (χ1) is 12.5. The van der Waals surface area contributed by atoms with Gasteiger partial charge in [0.15, 0.2) is 0 Å². The van der Waals surface area contributed by atoms with Crippen LogP contribution in [0.15, 0.2) is 23.0 Å². The predicted octanol–water partition coefficient (Wildman–Crippen LogP) is 2.02. The van der Waals surface area contributed by atoms with Gasteiger partial charge in [-0.05, 0) is 49.3 Å². The normalized spacial score (nSPS) is 22.7. The first kappa shape index (κ1) is 17.7. The zero-order valence-corrected chi connectivity index (χ0v) is 15.8. The molecule has 2 aliphatic carbocycles. The molecule has 0 aliphatic heterocycles. The number of aryl methyl sites for hydroxylation is 1. The molecule has 0 radical (unpaired) electrons. The number of aromatic nitrogens is 1. The van der Waals surface area contributed by atoms with Crippen LogP contribution >= 0.6 is 11.3 Å². The van der Waals surface area contributed by atoms with Crippen molar-refractivity contribution in [3.8, 4) is 0 Å². The van der Waals surface area contributed by atoms with E-state index in [0.717, 1.165) is 36.1 Å². The van der Waals surface area contributed by atoms with Crippen molar-refractivity contribution in [2.24, 2.45) is 13.0 Å². The van der Waals surface area contributed by atoms with Crippen molar-refractivity contribution in [1.82, 2.24) is 14.8 Å². The molecule has 0 bridgehead atoms. The van der Waals surface area contributed by atoms with E-state index in [9.17, 15) is 9.59 Å². The highest BCUT2D eigenvalue weighted by atomic mass is 32.1. The summed E-state index contributed by atoms with van der Waals surface area (Å²) in [6.45, 7) is 1.88. The number of carboxylic acid groups (broad SMARTS) is 1. The minimum atomic E-state index is -0.725. The molecule has 1 heterocycles. The van der Waals surface area contributed by atoms with E-state index in [1.165, 1.54) is 29.7 Å². The van der Waals surface area contributed by atoms with Gasteiger partial charge >= 0.3 is 10.8 Å². The topological polar surface area (TPSA) is 74.6 Å². The number of hydrogen-bond donors (Lipinski definition) is 2. The van der Waals surface area contributed by atoms with Gasteiger partial charge in [-0.2, -0.15) is 0 Å². The number of rotatable bonds is 8. The third kappa shape index (κ3) is 3.84. The van der Waals surface area contributed by atoms with Gasteiger partial charge in [0.25, 0.3) is 0 Å². The highest BCUT2D eigenvalue weighted by molar-refractivity contribution is 7.16. The van der Waals surface area contributed by atoms with Crippen LogP contribution in [0.3, 0.4) is 0 Å². The number of thiazole rings is 1. The van der Waals surface area contributed by atoms with Gasteiger partial charge in [-0.1, -0.05) is 17.4 Å². The molecule has 26 heavy (non-hydrogen) atoms. The van der Waals surface area contributed by atoms with Crippen molar-refractivity contribution in [3.05, 3.63) is 33.4 Å². The Morgan fingerprint density at radius 3 is 2.85 bits per heavy atom. The summed E-state index contributed by atoms with van der Waals surface area (Å²) in [5.74, 6) is -0.0108. The van der Waals surface area contributed by atoms with Gasteiger partial charge in [-0.3, -0.25) is 14.5 Å². The lowest BCUT2D eigenvalue weighted by atomic mass is 9.85. The van der Waals surface area contributed by atoms with Gasteiger partial charge in [-0.25, -0.2) is 0 Å². The zero-order valence-electron chi connectivity index (χ0n) is 15.0. The van der Waals surface area contributed by atoms with Crippen LogP contribution in [-0.4, -0.2) is 45.7 Å². The number of carboxylic acids is 1. The Bertz CT molecular complexity index is 865. The first-order valence-electron chi connectivity index (χ1n) is 9.27. The summed E-state index contributed by atoms with van der Waals surface area (Å²) in [4.78, 5) is 25.1. The summed E-state index contributed by atoms with van der Waals surface area (Å²) in [6.07, 6.45) is 4.53. The average Bonchev–Trinajstić information content (AvgIpc) is 3.31. The molecule has 1 aromatic heterocycles. The smallest absolute Gasteiger partial charge is 0.317 e. The number of carbonyl (C=O) groups is 1. The zero-order chi connectivity index (χ0) is 18.3. The largest absolute Gasteiger partial charge is 0.480 e. The third-order valence-electron chi connectivity index (χ3n) is 5.61. The Morgan fingerprint density at radius 2 is 2.15 bits per heavy atom. The maximum Gasteiger partial charge on any atom is 0.317 e. The number of aliphatic carboxylic acids is 1. The molecule has 0 atom stereocenters. The molecular weight excluding hydrogens is 350 g/mol. The molecule has 6 nitrogen and oxygen atoms in total. The maximum absolute atomic E-state index is 11.7. The van der Waals surface area contributed by atoms with Crippen molar-refractivity contribution in [2.45, 2.75) is 44.3 Å². The number of benzene rings is 1. The minimum Gasteiger partial charge on any atom is -0.480 e. The lowest BCUT2D eigenvalue weighted by Gasteiger charge is -2.43. The molecule has 0 saturated heterocycles. The molecular formula is C19H25N3O3S. The summed E-state index contributed by atoms with van der Waals surface area (Å²) >= 11 is 1.29. The van der Waals surface area contributed by atoms with E-state index in [-0.39, 0.29) is 11.4 Å². The van der Waals surface area contributed by atoms with E-state index in [4.69, 9.17) is 5.11 Å².